The molecule has 0 atom stereocenters. The largest absolute Gasteiger partial charge is 0.469 e. The quantitative estimate of drug-likeness (QED) is 0.871. The van der Waals surface area contributed by atoms with Gasteiger partial charge in [-0.05, 0) is 23.1 Å². The molecule has 5 nitrogen and oxygen atoms in total. The number of ether oxygens (including phenoxy) is 1. The van der Waals surface area contributed by atoms with Gasteiger partial charge in [0.25, 0.3) is 5.91 Å². The molecule has 6 heteroatoms. The average molecular weight is 332 g/mol. The zero-order valence-electron chi connectivity index (χ0n) is 13.7. The molecule has 122 valence electrons. The monoisotopic (exact) mass is 332 g/mol. The van der Waals surface area contributed by atoms with Gasteiger partial charge in [-0.25, -0.2) is 4.98 Å². The predicted molar refractivity (Wildman–Crippen MR) is 90.9 cm³/mol. The van der Waals surface area contributed by atoms with E-state index in [-0.39, 0.29) is 23.7 Å². The van der Waals surface area contributed by atoms with Crippen LogP contribution >= 0.6 is 11.3 Å². The van der Waals surface area contributed by atoms with Gasteiger partial charge in [-0.15, -0.1) is 11.3 Å². The zero-order chi connectivity index (χ0) is 17.0. The molecule has 0 bridgehead atoms. The fraction of sp³-hybridized carbons (Fsp3) is 0.353. The van der Waals surface area contributed by atoms with Crippen molar-refractivity contribution in [1.82, 2.24) is 4.98 Å². The van der Waals surface area contributed by atoms with Crippen molar-refractivity contribution in [3.05, 3.63) is 46.5 Å². The summed E-state index contributed by atoms with van der Waals surface area (Å²) < 4.78 is 4.59. The number of hydrogen-bond donors (Lipinski definition) is 1. The van der Waals surface area contributed by atoms with Crippen molar-refractivity contribution in [3.63, 3.8) is 0 Å². The van der Waals surface area contributed by atoms with Gasteiger partial charge in [0.1, 0.15) is 0 Å². The first-order valence-corrected chi connectivity index (χ1v) is 8.10. The van der Waals surface area contributed by atoms with Crippen LogP contribution in [-0.2, 0) is 21.4 Å². The van der Waals surface area contributed by atoms with Crippen LogP contribution in [0.25, 0.3) is 0 Å². The van der Waals surface area contributed by atoms with Crippen LogP contribution < -0.4 is 5.32 Å². The van der Waals surface area contributed by atoms with E-state index in [2.05, 4.69) is 35.8 Å². The van der Waals surface area contributed by atoms with Crippen LogP contribution in [0.3, 0.4) is 0 Å². The van der Waals surface area contributed by atoms with Crippen molar-refractivity contribution >= 4 is 28.3 Å². The molecule has 0 radical (unpaired) electrons. The van der Waals surface area contributed by atoms with Gasteiger partial charge in [-0.3, -0.25) is 14.9 Å². The standard InChI is InChI=1S/C17H20N2O3S/c1-17(2,3)12-7-5-11(6-8-12)15(21)19-16-18-13(10-23-16)9-14(20)22-4/h5-8,10H,9H2,1-4H3,(H,18,19,21). The molecule has 1 N–H and O–H groups in total. The Morgan fingerprint density at radius 1 is 1.22 bits per heavy atom. The molecule has 1 aromatic carbocycles. The number of nitrogens with zero attached hydrogens (tertiary/aromatic N) is 1. The van der Waals surface area contributed by atoms with Crippen LogP contribution in [0.2, 0.25) is 0 Å². The van der Waals surface area contributed by atoms with Crippen molar-refractivity contribution < 1.29 is 14.3 Å². The van der Waals surface area contributed by atoms with E-state index in [0.29, 0.717) is 16.4 Å². The number of anilines is 1. The number of carbonyl (C=O) groups excluding carboxylic acids is 2. The number of nitrogens with one attached hydrogen (secondary N) is 1. The molecule has 2 aromatic rings. The van der Waals surface area contributed by atoms with Crippen LogP contribution in [0.15, 0.2) is 29.6 Å². The van der Waals surface area contributed by atoms with E-state index < -0.39 is 0 Å². The molecule has 0 spiro atoms. The third-order valence-electron chi connectivity index (χ3n) is 3.34. The van der Waals surface area contributed by atoms with Crippen molar-refractivity contribution in [3.8, 4) is 0 Å². The molecule has 2 rings (SSSR count). The minimum Gasteiger partial charge on any atom is -0.469 e. The van der Waals surface area contributed by atoms with E-state index in [1.54, 1.807) is 17.5 Å². The van der Waals surface area contributed by atoms with Gasteiger partial charge in [0.2, 0.25) is 0 Å². The Bertz CT molecular complexity index is 699. The van der Waals surface area contributed by atoms with Crippen LogP contribution in [0.4, 0.5) is 5.13 Å². The summed E-state index contributed by atoms with van der Waals surface area (Å²) >= 11 is 1.28. The first kappa shape index (κ1) is 17.1. The Balaban J connectivity index is 2.03. The average Bonchev–Trinajstić information content (AvgIpc) is 2.93. The number of aromatic nitrogens is 1. The Morgan fingerprint density at radius 3 is 2.43 bits per heavy atom. The Hall–Kier alpha value is -2.21. The maximum Gasteiger partial charge on any atom is 0.311 e. The van der Waals surface area contributed by atoms with Gasteiger partial charge < -0.3 is 4.74 Å². The predicted octanol–water partition coefficient (Wildman–Crippen LogP) is 3.41. The van der Waals surface area contributed by atoms with Gasteiger partial charge >= 0.3 is 5.97 Å². The van der Waals surface area contributed by atoms with E-state index in [4.69, 9.17) is 0 Å². The number of methoxy groups -OCH3 is 1. The Morgan fingerprint density at radius 2 is 1.87 bits per heavy atom. The summed E-state index contributed by atoms with van der Waals surface area (Å²) in [6.07, 6.45) is 0.100. The highest BCUT2D eigenvalue weighted by atomic mass is 32.1. The van der Waals surface area contributed by atoms with Gasteiger partial charge in [-0.1, -0.05) is 32.9 Å². The number of carbonyl (C=O) groups is 2. The highest BCUT2D eigenvalue weighted by molar-refractivity contribution is 7.14. The zero-order valence-corrected chi connectivity index (χ0v) is 14.5. The fourth-order valence-electron chi connectivity index (χ4n) is 1.96. The molecule has 1 amide bonds. The SMILES string of the molecule is COC(=O)Cc1csc(NC(=O)c2ccc(C(C)(C)C)cc2)n1. The Kier molecular flexibility index (Phi) is 5.15. The van der Waals surface area contributed by atoms with E-state index in [9.17, 15) is 9.59 Å². The van der Waals surface area contributed by atoms with Crippen molar-refractivity contribution in [2.45, 2.75) is 32.6 Å². The summed E-state index contributed by atoms with van der Waals surface area (Å²) in [6, 6.07) is 7.52. The lowest BCUT2D eigenvalue weighted by Crippen LogP contribution is -2.14. The van der Waals surface area contributed by atoms with Crippen LogP contribution in [-0.4, -0.2) is 24.0 Å². The molecule has 0 aliphatic carbocycles. The molecule has 23 heavy (non-hydrogen) atoms. The second-order valence-corrected chi connectivity index (χ2v) is 7.04. The van der Waals surface area contributed by atoms with Crippen LogP contribution in [0.1, 0.15) is 42.4 Å². The van der Waals surface area contributed by atoms with Gasteiger partial charge in [0.15, 0.2) is 5.13 Å². The lowest BCUT2D eigenvalue weighted by Gasteiger charge is -2.18. The second-order valence-electron chi connectivity index (χ2n) is 6.18. The molecule has 0 saturated heterocycles. The van der Waals surface area contributed by atoms with Crippen molar-refractivity contribution in [2.24, 2.45) is 0 Å². The first-order chi connectivity index (χ1) is 10.8. The molecular formula is C17H20N2O3S. The number of benzene rings is 1. The highest BCUT2D eigenvalue weighted by Crippen LogP contribution is 2.23. The Labute approximate surface area is 139 Å². The van der Waals surface area contributed by atoms with E-state index in [1.807, 2.05) is 12.1 Å². The maximum atomic E-state index is 12.2. The summed E-state index contributed by atoms with van der Waals surface area (Å²) in [5.74, 6) is -0.574. The maximum absolute atomic E-state index is 12.2. The number of hydrogen-bond acceptors (Lipinski definition) is 5. The van der Waals surface area contributed by atoms with E-state index in [1.165, 1.54) is 24.0 Å². The number of amides is 1. The number of thiazole rings is 1. The molecule has 1 aromatic heterocycles. The minimum atomic E-state index is -0.356. The topological polar surface area (TPSA) is 68.3 Å². The summed E-state index contributed by atoms with van der Waals surface area (Å²) in [5, 5.41) is 4.94. The summed E-state index contributed by atoms with van der Waals surface area (Å²) in [6.45, 7) is 6.38. The molecule has 1 heterocycles. The van der Waals surface area contributed by atoms with Crippen LogP contribution in [0, 0.1) is 0 Å². The molecular weight excluding hydrogens is 312 g/mol. The highest BCUT2D eigenvalue weighted by Gasteiger charge is 2.15. The number of rotatable bonds is 4. The smallest absolute Gasteiger partial charge is 0.311 e. The third-order valence-corrected chi connectivity index (χ3v) is 4.14. The molecule has 0 fully saturated rings. The van der Waals surface area contributed by atoms with E-state index in [0.717, 1.165) is 0 Å². The lowest BCUT2D eigenvalue weighted by molar-refractivity contribution is -0.139. The fourth-order valence-corrected chi connectivity index (χ4v) is 2.66. The summed E-state index contributed by atoms with van der Waals surface area (Å²) in [7, 11) is 1.33. The van der Waals surface area contributed by atoms with E-state index >= 15 is 0 Å². The van der Waals surface area contributed by atoms with Gasteiger partial charge in [-0.2, -0.15) is 0 Å². The van der Waals surface area contributed by atoms with Crippen molar-refractivity contribution in [2.75, 3.05) is 12.4 Å². The minimum absolute atomic E-state index is 0.0487. The molecule has 0 unspecified atom stereocenters. The second kappa shape index (κ2) is 6.91. The molecule has 0 aliphatic heterocycles. The van der Waals surface area contributed by atoms with Crippen LogP contribution in [0.5, 0.6) is 0 Å². The van der Waals surface area contributed by atoms with Gasteiger partial charge in [0, 0.05) is 10.9 Å². The van der Waals surface area contributed by atoms with Gasteiger partial charge in [0.05, 0.1) is 19.2 Å². The molecule has 0 saturated carbocycles. The summed E-state index contributed by atoms with van der Waals surface area (Å²) in [4.78, 5) is 27.6. The lowest BCUT2D eigenvalue weighted by atomic mass is 9.87. The number of esters is 1. The van der Waals surface area contributed by atoms with Crippen molar-refractivity contribution in [1.29, 1.82) is 0 Å². The first-order valence-electron chi connectivity index (χ1n) is 7.22. The third kappa shape index (κ3) is 4.63. The molecule has 0 aliphatic rings. The summed E-state index contributed by atoms with van der Waals surface area (Å²) in [5.41, 5.74) is 2.37. The normalized spacial score (nSPS) is 11.1.